The molecule has 2 heterocycles. The summed E-state index contributed by atoms with van der Waals surface area (Å²) in [6, 6.07) is 6.30. The predicted molar refractivity (Wildman–Crippen MR) is 125 cm³/mol. The van der Waals surface area contributed by atoms with Crippen molar-refractivity contribution in [1.29, 1.82) is 0 Å². The molecule has 2 aromatic carbocycles. The summed E-state index contributed by atoms with van der Waals surface area (Å²) in [5.74, 6) is 0.463. The van der Waals surface area contributed by atoms with Gasteiger partial charge in [0.15, 0.2) is 22.8 Å². The number of nitrogens with one attached hydrogen (secondary N) is 1. The number of aliphatic carboxylic acids is 1. The number of aromatic nitrogens is 2. The summed E-state index contributed by atoms with van der Waals surface area (Å²) in [4.78, 5) is 14.2. The summed E-state index contributed by atoms with van der Waals surface area (Å²) in [6.45, 7) is 2.43. The van der Waals surface area contributed by atoms with E-state index in [1.807, 2.05) is 6.92 Å². The van der Waals surface area contributed by atoms with Crippen molar-refractivity contribution in [3.8, 4) is 17.2 Å². The number of hydrogen-bond acceptors (Lipinski definition) is 6. The van der Waals surface area contributed by atoms with Gasteiger partial charge in [0.25, 0.3) is 0 Å². The number of aryl methyl sites for hydroxylation is 1. The average Bonchev–Trinajstić information content (AvgIpc) is 3.43. The van der Waals surface area contributed by atoms with Crippen molar-refractivity contribution in [1.82, 2.24) is 10.1 Å². The van der Waals surface area contributed by atoms with Gasteiger partial charge in [-0.2, -0.15) is 13.2 Å². The standard InChI is InChI=1S/C25H25F3N2O6/c1-3-5-15-19(7-6-16-23(15)36-30-24(16)25(26,27)28)34-8-4-9-35-21-11-17-14(10-22(31)32)13-29-18(17)12-20(21)33-2/h6-7,11-13,29H,3-5,8-10H2,1-2H3,(H,31,32). The van der Waals surface area contributed by atoms with Crippen molar-refractivity contribution in [2.24, 2.45) is 0 Å². The van der Waals surface area contributed by atoms with E-state index in [4.69, 9.17) is 23.8 Å². The van der Waals surface area contributed by atoms with E-state index >= 15 is 0 Å². The number of rotatable bonds is 11. The molecule has 4 aromatic rings. The summed E-state index contributed by atoms with van der Waals surface area (Å²) in [7, 11) is 1.51. The molecule has 0 aliphatic heterocycles. The minimum Gasteiger partial charge on any atom is -0.493 e. The summed E-state index contributed by atoms with van der Waals surface area (Å²) >= 11 is 0. The van der Waals surface area contributed by atoms with Gasteiger partial charge >= 0.3 is 12.1 Å². The van der Waals surface area contributed by atoms with Gasteiger partial charge in [0, 0.05) is 35.2 Å². The van der Waals surface area contributed by atoms with Crippen molar-refractivity contribution < 1.29 is 41.8 Å². The number of aromatic amines is 1. The van der Waals surface area contributed by atoms with Gasteiger partial charge < -0.3 is 28.8 Å². The molecule has 0 bridgehead atoms. The minimum absolute atomic E-state index is 0.0830. The highest BCUT2D eigenvalue weighted by molar-refractivity contribution is 5.89. The summed E-state index contributed by atoms with van der Waals surface area (Å²) in [5.41, 5.74) is 0.950. The lowest BCUT2D eigenvalue weighted by Gasteiger charge is -2.13. The molecule has 0 aliphatic carbocycles. The fraction of sp³-hybridized carbons (Fsp3) is 0.360. The monoisotopic (exact) mass is 506 g/mol. The maximum absolute atomic E-state index is 13.2. The van der Waals surface area contributed by atoms with E-state index in [-0.39, 0.29) is 30.6 Å². The Labute approximate surface area is 203 Å². The molecule has 192 valence electrons. The molecule has 0 radical (unpaired) electrons. The number of ether oxygens (including phenoxy) is 3. The molecule has 8 nitrogen and oxygen atoms in total. The normalized spacial score (nSPS) is 11.8. The first-order valence-electron chi connectivity index (χ1n) is 11.4. The van der Waals surface area contributed by atoms with Crippen molar-refractivity contribution in [2.45, 2.75) is 38.8 Å². The number of fused-ring (bicyclic) bond motifs is 2. The van der Waals surface area contributed by atoms with Gasteiger partial charge in [-0.1, -0.05) is 18.5 Å². The number of carbonyl (C=O) groups is 1. The number of nitrogens with zero attached hydrogens (tertiary/aromatic N) is 1. The van der Waals surface area contributed by atoms with Crippen molar-refractivity contribution >= 4 is 27.8 Å². The van der Waals surface area contributed by atoms with Gasteiger partial charge in [-0.3, -0.25) is 4.79 Å². The third-order valence-corrected chi connectivity index (χ3v) is 5.67. The molecular formula is C25H25F3N2O6. The van der Waals surface area contributed by atoms with Crippen LogP contribution in [0, 0.1) is 0 Å². The van der Waals surface area contributed by atoms with Gasteiger partial charge in [0.1, 0.15) is 5.75 Å². The Hall–Kier alpha value is -3.89. The van der Waals surface area contributed by atoms with Crippen LogP contribution in [0.25, 0.3) is 21.9 Å². The number of hydrogen-bond donors (Lipinski definition) is 2. The summed E-state index contributed by atoms with van der Waals surface area (Å²) in [5, 5.41) is 13.0. The molecule has 2 N–H and O–H groups in total. The number of alkyl halides is 3. The smallest absolute Gasteiger partial charge is 0.437 e. The highest BCUT2D eigenvalue weighted by Gasteiger charge is 2.37. The van der Waals surface area contributed by atoms with Crippen molar-refractivity contribution in [2.75, 3.05) is 20.3 Å². The molecular weight excluding hydrogens is 481 g/mol. The third-order valence-electron chi connectivity index (χ3n) is 5.67. The van der Waals surface area contributed by atoms with E-state index in [0.717, 1.165) is 10.9 Å². The Kier molecular flexibility index (Phi) is 7.27. The lowest BCUT2D eigenvalue weighted by atomic mass is 10.0. The second-order valence-corrected chi connectivity index (χ2v) is 8.18. The van der Waals surface area contributed by atoms with Crippen LogP contribution < -0.4 is 14.2 Å². The van der Waals surface area contributed by atoms with Gasteiger partial charge in [-0.25, -0.2) is 0 Å². The number of methoxy groups -OCH3 is 1. The molecule has 4 rings (SSSR count). The van der Waals surface area contributed by atoms with Crippen LogP contribution in [-0.2, 0) is 23.8 Å². The van der Waals surface area contributed by atoms with E-state index in [0.29, 0.717) is 47.6 Å². The molecule has 0 atom stereocenters. The Morgan fingerprint density at radius 2 is 1.86 bits per heavy atom. The van der Waals surface area contributed by atoms with E-state index < -0.39 is 17.8 Å². The zero-order chi connectivity index (χ0) is 25.9. The molecule has 0 spiro atoms. The van der Waals surface area contributed by atoms with Gasteiger partial charge in [-0.15, -0.1) is 0 Å². The molecule has 0 fully saturated rings. The van der Waals surface area contributed by atoms with Gasteiger partial charge in [0.2, 0.25) is 0 Å². The summed E-state index contributed by atoms with van der Waals surface area (Å²) < 4.78 is 61.7. The van der Waals surface area contributed by atoms with Crippen LogP contribution in [0.15, 0.2) is 35.0 Å². The second-order valence-electron chi connectivity index (χ2n) is 8.18. The fourth-order valence-corrected chi connectivity index (χ4v) is 4.06. The van der Waals surface area contributed by atoms with Gasteiger partial charge in [-0.05, 0) is 30.2 Å². The third kappa shape index (κ3) is 5.19. The summed E-state index contributed by atoms with van der Waals surface area (Å²) in [6.07, 6.45) is -1.45. The molecule has 0 aliphatic rings. The van der Waals surface area contributed by atoms with Crippen LogP contribution in [0.3, 0.4) is 0 Å². The predicted octanol–water partition coefficient (Wildman–Crippen LogP) is 5.76. The molecule has 36 heavy (non-hydrogen) atoms. The second kappa shape index (κ2) is 10.4. The highest BCUT2D eigenvalue weighted by Crippen LogP contribution is 2.38. The van der Waals surface area contributed by atoms with Crippen LogP contribution in [0.5, 0.6) is 17.2 Å². The lowest BCUT2D eigenvalue weighted by Crippen LogP contribution is -2.07. The van der Waals surface area contributed by atoms with Crippen molar-refractivity contribution in [3.05, 3.63) is 47.3 Å². The maximum atomic E-state index is 13.2. The van der Waals surface area contributed by atoms with E-state index in [1.54, 1.807) is 18.3 Å². The highest BCUT2D eigenvalue weighted by atomic mass is 19.4. The van der Waals surface area contributed by atoms with E-state index in [9.17, 15) is 18.0 Å². The van der Waals surface area contributed by atoms with Crippen molar-refractivity contribution in [3.63, 3.8) is 0 Å². The van der Waals surface area contributed by atoms with Crippen LogP contribution in [-0.4, -0.2) is 41.5 Å². The molecule has 0 saturated heterocycles. The number of H-pyrrole nitrogens is 1. The minimum atomic E-state index is -4.60. The quantitative estimate of drug-likeness (QED) is 0.249. The molecule has 0 unspecified atom stereocenters. The zero-order valence-electron chi connectivity index (χ0n) is 19.7. The lowest BCUT2D eigenvalue weighted by molar-refractivity contribution is -0.141. The number of benzene rings is 2. The van der Waals surface area contributed by atoms with Crippen LogP contribution in [0.2, 0.25) is 0 Å². The van der Waals surface area contributed by atoms with Crippen LogP contribution in [0.4, 0.5) is 13.2 Å². The maximum Gasteiger partial charge on any atom is 0.437 e. The Morgan fingerprint density at radius 1 is 1.11 bits per heavy atom. The topological polar surface area (TPSA) is 107 Å². The Balaban J connectivity index is 1.43. The largest absolute Gasteiger partial charge is 0.493 e. The fourth-order valence-electron chi connectivity index (χ4n) is 4.06. The molecule has 0 amide bonds. The Morgan fingerprint density at radius 3 is 2.53 bits per heavy atom. The first-order chi connectivity index (χ1) is 17.2. The van der Waals surface area contributed by atoms with Gasteiger partial charge in [0.05, 0.1) is 32.1 Å². The zero-order valence-corrected chi connectivity index (χ0v) is 19.7. The first kappa shape index (κ1) is 25.2. The number of carboxylic acid groups (broad SMARTS) is 1. The molecule has 0 saturated carbocycles. The van der Waals surface area contributed by atoms with E-state index in [1.165, 1.54) is 19.2 Å². The Bertz CT molecular complexity index is 1380. The number of halogens is 3. The molecule has 2 aromatic heterocycles. The first-order valence-corrected chi connectivity index (χ1v) is 11.4. The average molecular weight is 506 g/mol. The number of carboxylic acids is 1. The molecule has 11 heteroatoms. The van der Waals surface area contributed by atoms with Crippen LogP contribution >= 0.6 is 0 Å². The van der Waals surface area contributed by atoms with E-state index in [2.05, 4.69) is 10.1 Å². The van der Waals surface area contributed by atoms with Crippen LogP contribution in [0.1, 0.15) is 36.6 Å². The SMILES string of the molecule is CCCc1c(OCCCOc2cc3c(CC(=O)O)c[nH]c3cc2OC)ccc2c(C(F)(F)F)noc12.